The van der Waals surface area contributed by atoms with Crippen molar-refractivity contribution >= 4 is 33.0 Å². The summed E-state index contributed by atoms with van der Waals surface area (Å²) in [5, 5.41) is 2.81. The molecule has 144 valence electrons. The molecule has 0 fully saturated rings. The second-order valence-corrected chi connectivity index (χ2v) is 8.38. The lowest BCUT2D eigenvalue weighted by atomic mass is 10.0. The summed E-state index contributed by atoms with van der Waals surface area (Å²) in [7, 11) is -2.06. The minimum atomic E-state index is -3.51. The zero-order valence-corrected chi connectivity index (χ0v) is 16.4. The molecule has 0 atom stereocenters. The highest BCUT2D eigenvalue weighted by molar-refractivity contribution is 7.92. The largest absolute Gasteiger partial charge is 0.398 e. The number of nitrogens with zero attached hydrogens (tertiary/aromatic N) is 1. The number of sulfonamides is 1. The predicted octanol–water partition coefficient (Wildman–Crippen LogP) is 3.58. The molecule has 0 saturated heterocycles. The molecule has 3 N–H and O–H groups in total. The Kier molecular flexibility index (Phi) is 5.37. The molecule has 1 amide bonds. The van der Waals surface area contributed by atoms with Gasteiger partial charge >= 0.3 is 0 Å². The van der Waals surface area contributed by atoms with Gasteiger partial charge in [0, 0.05) is 12.7 Å². The number of rotatable bonds is 5. The number of carbonyl (C=O) groups excluding carboxylic acids is 1. The van der Waals surface area contributed by atoms with Crippen LogP contribution in [0.4, 0.5) is 17.1 Å². The summed E-state index contributed by atoms with van der Waals surface area (Å²) >= 11 is 0. The number of benzene rings is 3. The SMILES string of the molecule is CN(c1ccc(-c2ccccc2)cc1NC(=O)c1ccccc1N)S(C)(=O)=O. The van der Waals surface area contributed by atoms with Gasteiger partial charge in [-0.1, -0.05) is 48.5 Å². The molecule has 0 heterocycles. The normalized spacial score (nSPS) is 11.1. The Morgan fingerprint density at radius 2 is 1.57 bits per heavy atom. The van der Waals surface area contributed by atoms with Crippen LogP contribution in [0.1, 0.15) is 10.4 Å². The third-order valence-electron chi connectivity index (χ3n) is 4.39. The van der Waals surface area contributed by atoms with Crippen LogP contribution >= 0.6 is 0 Å². The predicted molar refractivity (Wildman–Crippen MR) is 114 cm³/mol. The van der Waals surface area contributed by atoms with Gasteiger partial charge in [0.25, 0.3) is 5.91 Å². The smallest absolute Gasteiger partial charge is 0.257 e. The van der Waals surface area contributed by atoms with Gasteiger partial charge in [-0.2, -0.15) is 0 Å². The topological polar surface area (TPSA) is 92.5 Å². The van der Waals surface area contributed by atoms with Gasteiger partial charge in [-0.05, 0) is 35.4 Å². The van der Waals surface area contributed by atoms with Crippen molar-refractivity contribution in [2.75, 3.05) is 28.7 Å². The molecular weight excluding hydrogens is 374 g/mol. The van der Waals surface area contributed by atoms with Crippen molar-refractivity contribution in [3.63, 3.8) is 0 Å². The van der Waals surface area contributed by atoms with Gasteiger partial charge in [0.1, 0.15) is 0 Å². The molecular formula is C21H21N3O3S. The number of para-hydroxylation sites is 1. The fourth-order valence-electron chi connectivity index (χ4n) is 2.79. The van der Waals surface area contributed by atoms with E-state index in [1.165, 1.54) is 7.05 Å². The van der Waals surface area contributed by atoms with Crippen molar-refractivity contribution < 1.29 is 13.2 Å². The van der Waals surface area contributed by atoms with E-state index in [1.807, 2.05) is 36.4 Å². The van der Waals surface area contributed by atoms with Crippen LogP contribution in [-0.2, 0) is 10.0 Å². The molecule has 3 rings (SSSR count). The minimum absolute atomic E-state index is 0.320. The first-order valence-electron chi connectivity index (χ1n) is 8.56. The van der Waals surface area contributed by atoms with Gasteiger partial charge in [0.2, 0.25) is 10.0 Å². The number of hydrogen-bond acceptors (Lipinski definition) is 4. The fraction of sp³-hybridized carbons (Fsp3) is 0.0952. The Morgan fingerprint density at radius 1 is 0.929 bits per heavy atom. The number of anilines is 3. The summed E-state index contributed by atoms with van der Waals surface area (Å²) < 4.78 is 25.2. The zero-order chi connectivity index (χ0) is 20.3. The zero-order valence-electron chi connectivity index (χ0n) is 15.6. The molecule has 0 saturated carbocycles. The molecule has 3 aromatic carbocycles. The molecule has 0 aliphatic carbocycles. The van der Waals surface area contributed by atoms with Gasteiger partial charge in [-0.25, -0.2) is 8.42 Å². The molecule has 28 heavy (non-hydrogen) atoms. The third kappa shape index (κ3) is 4.15. The second-order valence-electron chi connectivity index (χ2n) is 6.37. The van der Waals surface area contributed by atoms with Gasteiger partial charge < -0.3 is 11.1 Å². The quantitative estimate of drug-likeness (QED) is 0.646. The van der Waals surface area contributed by atoms with Crippen molar-refractivity contribution in [2.45, 2.75) is 0 Å². The minimum Gasteiger partial charge on any atom is -0.398 e. The molecule has 0 aromatic heterocycles. The average molecular weight is 395 g/mol. The highest BCUT2D eigenvalue weighted by atomic mass is 32.2. The maximum Gasteiger partial charge on any atom is 0.257 e. The van der Waals surface area contributed by atoms with Crippen molar-refractivity contribution in [1.29, 1.82) is 0 Å². The van der Waals surface area contributed by atoms with E-state index in [-0.39, 0.29) is 0 Å². The van der Waals surface area contributed by atoms with E-state index >= 15 is 0 Å². The van der Waals surface area contributed by atoms with Crippen molar-refractivity contribution in [1.82, 2.24) is 0 Å². The fourth-order valence-corrected chi connectivity index (χ4v) is 3.31. The number of hydrogen-bond donors (Lipinski definition) is 2. The molecule has 0 unspecified atom stereocenters. The van der Waals surface area contributed by atoms with Gasteiger partial charge in [0.05, 0.1) is 23.2 Å². The highest BCUT2D eigenvalue weighted by Crippen LogP contribution is 2.32. The molecule has 6 nitrogen and oxygen atoms in total. The first-order chi connectivity index (χ1) is 13.3. The summed E-state index contributed by atoms with van der Waals surface area (Å²) in [5.74, 6) is -0.411. The lowest BCUT2D eigenvalue weighted by Crippen LogP contribution is -2.26. The summed E-state index contributed by atoms with van der Waals surface area (Å²) in [6.07, 6.45) is 1.11. The Labute approximate surface area is 164 Å². The average Bonchev–Trinajstić information content (AvgIpc) is 2.67. The number of amides is 1. The number of nitrogen functional groups attached to an aromatic ring is 1. The first-order valence-corrected chi connectivity index (χ1v) is 10.4. The van der Waals surface area contributed by atoms with E-state index in [9.17, 15) is 13.2 Å². The summed E-state index contributed by atoms with van der Waals surface area (Å²) in [5.41, 5.74) is 9.10. The second kappa shape index (κ2) is 7.74. The maximum absolute atomic E-state index is 12.7. The van der Waals surface area contributed by atoms with E-state index in [0.29, 0.717) is 22.6 Å². The monoisotopic (exact) mass is 395 g/mol. The maximum atomic E-state index is 12.7. The van der Waals surface area contributed by atoms with E-state index in [0.717, 1.165) is 21.7 Å². The van der Waals surface area contributed by atoms with Crippen LogP contribution in [0.5, 0.6) is 0 Å². The van der Waals surface area contributed by atoms with Crippen LogP contribution in [-0.4, -0.2) is 27.6 Å². The molecule has 0 aliphatic heterocycles. The van der Waals surface area contributed by atoms with E-state index in [1.54, 1.807) is 36.4 Å². The molecule has 0 bridgehead atoms. The van der Waals surface area contributed by atoms with Crippen LogP contribution in [0.15, 0.2) is 72.8 Å². The summed E-state index contributed by atoms with van der Waals surface area (Å²) in [4.78, 5) is 12.7. The van der Waals surface area contributed by atoms with Crippen molar-refractivity contribution in [2.24, 2.45) is 0 Å². The lowest BCUT2D eigenvalue weighted by Gasteiger charge is -2.21. The first kappa shape index (κ1) is 19.4. The number of nitrogens with one attached hydrogen (secondary N) is 1. The van der Waals surface area contributed by atoms with Crippen LogP contribution < -0.4 is 15.4 Å². The highest BCUT2D eigenvalue weighted by Gasteiger charge is 2.19. The molecule has 7 heteroatoms. The van der Waals surface area contributed by atoms with E-state index in [4.69, 9.17) is 5.73 Å². The van der Waals surface area contributed by atoms with Crippen LogP contribution in [0.25, 0.3) is 11.1 Å². The summed E-state index contributed by atoms with van der Waals surface area (Å²) in [6.45, 7) is 0. The Morgan fingerprint density at radius 3 is 2.21 bits per heavy atom. The Bertz CT molecular complexity index is 1110. The number of nitrogens with two attached hydrogens (primary N) is 1. The van der Waals surface area contributed by atoms with E-state index < -0.39 is 15.9 Å². The third-order valence-corrected chi connectivity index (χ3v) is 5.59. The van der Waals surface area contributed by atoms with Crippen molar-refractivity contribution in [3.05, 3.63) is 78.4 Å². The van der Waals surface area contributed by atoms with Crippen LogP contribution in [0, 0.1) is 0 Å². The Hall–Kier alpha value is -3.32. The van der Waals surface area contributed by atoms with Gasteiger partial charge in [-0.15, -0.1) is 0 Å². The molecule has 0 aliphatic rings. The van der Waals surface area contributed by atoms with Crippen LogP contribution in [0.2, 0.25) is 0 Å². The Balaban J connectivity index is 2.07. The standard InChI is InChI=1S/C21H21N3O3S/c1-24(28(2,26)27)20-13-12-16(15-8-4-3-5-9-15)14-19(20)23-21(25)17-10-6-7-11-18(17)22/h3-14H,22H2,1-2H3,(H,23,25). The van der Waals surface area contributed by atoms with Crippen molar-refractivity contribution in [3.8, 4) is 11.1 Å². The van der Waals surface area contributed by atoms with E-state index in [2.05, 4.69) is 5.32 Å². The lowest BCUT2D eigenvalue weighted by molar-refractivity contribution is 0.102. The molecule has 0 radical (unpaired) electrons. The molecule has 0 spiro atoms. The van der Waals surface area contributed by atoms with Crippen LogP contribution in [0.3, 0.4) is 0 Å². The summed E-state index contributed by atoms with van der Waals surface area (Å²) in [6, 6.07) is 21.6. The number of carbonyl (C=O) groups is 1. The molecule has 3 aromatic rings. The van der Waals surface area contributed by atoms with Gasteiger partial charge in [0.15, 0.2) is 0 Å². The van der Waals surface area contributed by atoms with Gasteiger partial charge in [-0.3, -0.25) is 9.10 Å².